The fourth-order valence-electron chi connectivity index (χ4n) is 3.66. The van der Waals surface area contributed by atoms with Crippen LogP contribution in [-0.2, 0) is 24.0 Å². The van der Waals surface area contributed by atoms with E-state index in [-0.39, 0.29) is 12.5 Å². The molecule has 0 aromatic rings. The predicted octanol–water partition coefficient (Wildman–Crippen LogP) is -2.37. The van der Waals surface area contributed by atoms with Crippen molar-refractivity contribution in [3.05, 3.63) is 0 Å². The lowest BCUT2D eigenvalue weighted by Crippen LogP contribution is -2.55. The maximum atomic E-state index is 12.7. The first-order valence-electron chi connectivity index (χ1n) is 9.36. The lowest BCUT2D eigenvalue weighted by molar-refractivity contribution is -0.143. The fraction of sp³-hybridized carbons (Fsp3) is 0.706. The van der Waals surface area contributed by atoms with E-state index >= 15 is 0 Å². The first-order valence-corrected chi connectivity index (χ1v) is 9.36. The fourth-order valence-corrected chi connectivity index (χ4v) is 3.66. The Hall–Kier alpha value is -2.69. The first-order chi connectivity index (χ1) is 13.3. The van der Waals surface area contributed by atoms with Crippen molar-refractivity contribution in [3.63, 3.8) is 0 Å². The summed E-state index contributed by atoms with van der Waals surface area (Å²) in [7, 11) is 0. The lowest BCUT2D eigenvalue weighted by atomic mass is 10.1. The van der Waals surface area contributed by atoms with Gasteiger partial charge in [-0.3, -0.25) is 24.0 Å². The van der Waals surface area contributed by atoms with Gasteiger partial charge in [-0.05, 0) is 32.6 Å². The van der Waals surface area contributed by atoms with Gasteiger partial charge in [0.05, 0.1) is 6.54 Å². The molecule has 0 spiro atoms. The van der Waals surface area contributed by atoms with E-state index in [4.69, 9.17) is 10.8 Å². The molecule has 0 unspecified atom stereocenters. The second kappa shape index (κ2) is 9.49. The van der Waals surface area contributed by atoms with Crippen LogP contribution in [0.2, 0.25) is 0 Å². The number of nitrogens with two attached hydrogens (primary N) is 1. The normalized spacial score (nSPS) is 22.6. The number of nitrogens with zero attached hydrogens (tertiary/aromatic N) is 2. The van der Waals surface area contributed by atoms with E-state index in [0.717, 1.165) is 0 Å². The van der Waals surface area contributed by atoms with Gasteiger partial charge in [0, 0.05) is 13.1 Å². The third kappa shape index (κ3) is 4.97. The Labute approximate surface area is 162 Å². The maximum Gasteiger partial charge on any atom is 0.322 e. The largest absolute Gasteiger partial charge is 0.480 e. The van der Waals surface area contributed by atoms with Crippen molar-refractivity contribution >= 4 is 29.6 Å². The Balaban J connectivity index is 1.95. The summed E-state index contributed by atoms with van der Waals surface area (Å²) in [5, 5.41) is 13.6. The average molecular weight is 397 g/mol. The van der Waals surface area contributed by atoms with E-state index < -0.39 is 48.4 Å². The second-order valence-electron chi connectivity index (χ2n) is 6.98. The maximum absolute atomic E-state index is 12.7. The molecule has 2 saturated heterocycles. The molecule has 0 bridgehead atoms. The minimum atomic E-state index is -1.17. The molecule has 0 radical (unpaired) electrons. The number of aliphatic carboxylic acids is 1. The van der Waals surface area contributed by atoms with Gasteiger partial charge in [-0.2, -0.15) is 0 Å². The standard InChI is InChI=1S/C17H27N5O6/c1-10(20-16(27)12-5-2-6-21(12)13(23)8-18)17(28)22-7-3-4-11(22)15(26)19-9-14(24)25/h10-12H,2-9,18H2,1H3,(H,19,26)(H,20,27)(H,24,25)/t10-,11-,12-/m0/s1. The zero-order chi connectivity index (χ0) is 20.8. The van der Waals surface area contributed by atoms with E-state index in [1.54, 1.807) is 0 Å². The zero-order valence-corrected chi connectivity index (χ0v) is 15.8. The van der Waals surface area contributed by atoms with Gasteiger partial charge in [-0.25, -0.2) is 0 Å². The molecule has 156 valence electrons. The number of hydrogen-bond donors (Lipinski definition) is 4. The van der Waals surface area contributed by atoms with Crippen LogP contribution in [0.1, 0.15) is 32.6 Å². The van der Waals surface area contributed by atoms with Crippen LogP contribution in [-0.4, -0.2) is 88.8 Å². The summed E-state index contributed by atoms with van der Waals surface area (Å²) in [5.74, 6) is -2.85. The molecule has 3 atom stereocenters. The van der Waals surface area contributed by atoms with Crippen LogP contribution in [0, 0.1) is 0 Å². The van der Waals surface area contributed by atoms with Crippen molar-refractivity contribution < 1.29 is 29.1 Å². The summed E-state index contributed by atoms with van der Waals surface area (Å²) in [4.78, 5) is 62.7. The highest BCUT2D eigenvalue weighted by molar-refractivity contribution is 5.95. The number of hydrogen-bond acceptors (Lipinski definition) is 6. The van der Waals surface area contributed by atoms with Gasteiger partial charge in [-0.15, -0.1) is 0 Å². The van der Waals surface area contributed by atoms with Gasteiger partial charge in [-0.1, -0.05) is 0 Å². The highest BCUT2D eigenvalue weighted by Gasteiger charge is 2.38. The number of carboxylic acid groups (broad SMARTS) is 1. The average Bonchev–Trinajstić information content (AvgIpc) is 3.33. The van der Waals surface area contributed by atoms with Crippen LogP contribution in [0.3, 0.4) is 0 Å². The van der Waals surface area contributed by atoms with Gasteiger partial charge >= 0.3 is 5.97 Å². The van der Waals surface area contributed by atoms with E-state index in [2.05, 4.69) is 10.6 Å². The summed E-state index contributed by atoms with van der Waals surface area (Å²) in [5.41, 5.74) is 5.38. The first kappa shape index (κ1) is 21.6. The van der Waals surface area contributed by atoms with Crippen molar-refractivity contribution in [2.45, 2.75) is 50.7 Å². The molecule has 4 amide bonds. The van der Waals surface area contributed by atoms with Gasteiger partial charge in [0.15, 0.2) is 0 Å². The van der Waals surface area contributed by atoms with Crippen LogP contribution in [0.5, 0.6) is 0 Å². The molecule has 2 aliphatic rings. The molecule has 28 heavy (non-hydrogen) atoms. The molecule has 2 rings (SSSR count). The summed E-state index contributed by atoms with van der Waals surface area (Å²) in [6.07, 6.45) is 2.23. The van der Waals surface area contributed by atoms with Crippen LogP contribution in [0.15, 0.2) is 0 Å². The number of carbonyl (C=O) groups is 5. The lowest BCUT2D eigenvalue weighted by Gasteiger charge is -2.29. The van der Waals surface area contributed by atoms with E-state index in [1.165, 1.54) is 16.7 Å². The van der Waals surface area contributed by atoms with Crippen LogP contribution >= 0.6 is 0 Å². The monoisotopic (exact) mass is 397 g/mol. The van der Waals surface area contributed by atoms with Crippen molar-refractivity contribution in [2.24, 2.45) is 5.73 Å². The summed E-state index contributed by atoms with van der Waals surface area (Å²) in [6, 6.07) is -2.29. The minimum absolute atomic E-state index is 0.181. The highest BCUT2D eigenvalue weighted by Crippen LogP contribution is 2.20. The topological polar surface area (TPSA) is 162 Å². The molecule has 2 heterocycles. The predicted molar refractivity (Wildman–Crippen MR) is 96.8 cm³/mol. The molecule has 11 nitrogen and oxygen atoms in total. The van der Waals surface area contributed by atoms with E-state index in [9.17, 15) is 24.0 Å². The SMILES string of the molecule is C[C@H](NC(=O)[C@@H]1CCCN1C(=O)CN)C(=O)N1CCC[C@H]1C(=O)NCC(=O)O. The Kier molecular flexibility index (Phi) is 7.32. The van der Waals surface area contributed by atoms with Crippen molar-refractivity contribution in [2.75, 3.05) is 26.2 Å². The molecule has 0 saturated carbocycles. The second-order valence-corrected chi connectivity index (χ2v) is 6.98. The summed E-state index contributed by atoms with van der Waals surface area (Å²) < 4.78 is 0. The van der Waals surface area contributed by atoms with Crippen molar-refractivity contribution in [1.29, 1.82) is 0 Å². The zero-order valence-electron chi connectivity index (χ0n) is 15.8. The molecule has 2 aliphatic heterocycles. The van der Waals surface area contributed by atoms with Gasteiger partial charge in [0.2, 0.25) is 23.6 Å². The van der Waals surface area contributed by atoms with Crippen LogP contribution < -0.4 is 16.4 Å². The molecule has 0 aromatic heterocycles. The quantitative estimate of drug-likeness (QED) is 0.373. The summed E-state index contributed by atoms with van der Waals surface area (Å²) in [6.45, 7) is 1.63. The molecule has 5 N–H and O–H groups in total. The van der Waals surface area contributed by atoms with E-state index in [1.807, 2.05) is 0 Å². The number of nitrogens with one attached hydrogen (secondary N) is 2. The Morgan fingerprint density at radius 1 is 1.04 bits per heavy atom. The van der Waals surface area contributed by atoms with Crippen LogP contribution in [0.25, 0.3) is 0 Å². The number of amides is 4. The molecule has 11 heteroatoms. The van der Waals surface area contributed by atoms with Crippen molar-refractivity contribution in [3.8, 4) is 0 Å². The Bertz CT molecular complexity index is 654. The van der Waals surface area contributed by atoms with Gasteiger partial charge in [0.1, 0.15) is 24.7 Å². The number of carboxylic acids is 1. The van der Waals surface area contributed by atoms with Gasteiger partial charge < -0.3 is 31.3 Å². The molecule has 2 fully saturated rings. The third-order valence-electron chi connectivity index (χ3n) is 5.03. The van der Waals surface area contributed by atoms with Gasteiger partial charge in [0.25, 0.3) is 0 Å². The summed E-state index contributed by atoms with van der Waals surface area (Å²) >= 11 is 0. The molecular formula is C17H27N5O6. The number of likely N-dealkylation sites (tertiary alicyclic amines) is 2. The number of carbonyl (C=O) groups excluding carboxylic acids is 4. The Morgan fingerprint density at radius 3 is 2.18 bits per heavy atom. The Morgan fingerprint density at radius 2 is 1.61 bits per heavy atom. The van der Waals surface area contributed by atoms with Crippen LogP contribution in [0.4, 0.5) is 0 Å². The number of rotatable bonds is 7. The molecule has 0 aliphatic carbocycles. The minimum Gasteiger partial charge on any atom is -0.480 e. The smallest absolute Gasteiger partial charge is 0.322 e. The molecule has 0 aromatic carbocycles. The van der Waals surface area contributed by atoms with Crippen molar-refractivity contribution in [1.82, 2.24) is 20.4 Å². The molecular weight excluding hydrogens is 370 g/mol. The van der Waals surface area contributed by atoms with E-state index in [0.29, 0.717) is 38.8 Å². The highest BCUT2D eigenvalue weighted by atomic mass is 16.4. The third-order valence-corrected chi connectivity index (χ3v) is 5.03.